The van der Waals surface area contributed by atoms with E-state index in [1.54, 1.807) is 6.92 Å². The third-order valence-corrected chi connectivity index (χ3v) is 15.1. The Balaban J connectivity index is 0.00000720. The molecule has 5 aliphatic rings. The molecule has 18 atom stereocenters. The van der Waals surface area contributed by atoms with Crippen LogP contribution in [0.2, 0.25) is 0 Å². The second-order valence-electron chi connectivity index (χ2n) is 18.8. The number of aliphatic carboxylic acids is 1. The molecule has 13 heteroatoms. The van der Waals surface area contributed by atoms with Gasteiger partial charge in [0.1, 0.15) is 5.78 Å². The van der Waals surface area contributed by atoms with E-state index in [-0.39, 0.29) is 65.3 Å². The monoisotopic (exact) mass is 816 g/mol. The van der Waals surface area contributed by atoms with Crippen molar-refractivity contribution in [3.05, 3.63) is 0 Å². The summed E-state index contributed by atoms with van der Waals surface area (Å²) in [6.07, 6.45) is 3.00. The van der Waals surface area contributed by atoms with Crippen molar-refractivity contribution >= 4 is 17.7 Å². The van der Waals surface area contributed by atoms with Crippen LogP contribution in [-0.2, 0) is 42.8 Å². The van der Waals surface area contributed by atoms with Gasteiger partial charge in [0.05, 0.1) is 47.8 Å². The molecule has 0 aromatic heterocycles. The minimum absolute atomic E-state index is 0. The van der Waals surface area contributed by atoms with E-state index in [2.05, 4.69) is 20.8 Å². The minimum Gasteiger partial charge on any atom is -0.550 e. The number of ketones is 1. The van der Waals surface area contributed by atoms with E-state index in [9.17, 15) is 29.7 Å². The number of carbonyl (C=O) groups excluding carboxylic acids is 3. The zero-order valence-electron chi connectivity index (χ0n) is 37.0. The first kappa shape index (κ1) is 49.0. The Bertz CT molecular complexity index is 1400. The van der Waals surface area contributed by atoms with Crippen LogP contribution >= 0.6 is 0 Å². The molecule has 2 spiro atoms. The quantitative estimate of drug-likeness (QED) is 0.206. The maximum atomic E-state index is 14.5. The number of hydrogen-bond acceptors (Lipinski definition) is 12. The molecular formula is C44H73NaO12. The van der Waals surface area contributed by atoms with Gasteiger partial charge >= 0.3 is 35.5 Å². The number of aliphatic hydroxyl groups excluding tert-OH is 1. The maximum Gasteiger partial charge on any atom is 1.00 e. The Labute approximate surface area is 363 Å². The molecule has 2 N–H and O–H groups in total. The second kappa shape index (κ2) is 19.2. The Morgan fingerprint density at radius 2 is 1.51 bits per heavy atom. The van der Waals surface area contributed by atoms with Crippen molar-refractivity contribution in [3.63, 3.8) is 0 Å². The van der Waals surface area contributed by atoms with Crippen LogP contribution in [0.3, 0.4) is 0 Å². The summed E-state index contributed by atoms with van der Waals surface area (Å²) in [5.74, 6) is -6.39. The number of carbonyl (C=O) groups is 3. The topological polar surface area (TPSA) is 170 Å². The summed E-state index contributed by atoms with van der Waals surface area (Å²) in [6, 6.07) is 0. The third kappa shape index (κ3) is 9.71. The van der Waals surface area contributed by atoms with E-state index < -0.39 is 88.9 Å². The molecule has 0 aromatic rings. The van der Waals surface area contributed by atoms with E-state index in [1.807, 2.05) is 41.5 Å². The zero-order chi connectivity index (χ0) is 41.5. The van der Waals surface area contributed by atoms with Gasteiger partial charge in [-0.15, -0.1) is 0 Å². The van der Waals surface area contributed by atoms with Crippen LogP contribution in [0.25, 0.3) is 0 Å². The zero-order valence-corrected chi connectivity index (χ0v) is 39.0. The summed E-state index contributed by atoms with van der Waals surface area (Å²) < 4.78 is 40.1. The van der Waals surface area contributed by atoms with Crippen LogP contribution in [0, 0.1) is 41.4 Å². The Morgan fingerprint density at radius 1 is 0.842 bits per heavy atom. The average molecular weight is 817 g/mol. The van der Waals surface area contributed by atoms with E-state index in [0.717, 1.165) is 12.8 Å². The maximum absolute atomic E-state index is 14.5. The molecule has 0 bridgehead atoms. The molecule has 0 amide bonds. The molecule has 322 valence electrons. The minimum atomic E-state index is -1.30. The summed E-state index contributed by atoms with van der Waals surface area (Å²) in [5.41, 5.74) is -1.66. The molecule has 0 aliphatic carbocycles. The molecule has 5 saturated heterocycles. The van der Waals surface area contributed by atoms with Gasteiger partial charge < -0.3 is 48.5 Å². The first-order valence-electron chi connectivity index (χ1n) is 21.9. The number of hydrogen-bond donors (Lipinski definition) is 2. The van der Waals surface area contributed by atoms with Crippen LogP contribution < -0.4 is 34.7 Å². The SMILES string of the molecule is CC[C@@H](C(=O)[C@@H](C)[C@@H](O)[C@H](C)[C@@H]1O[C@@H]([C@@H](CC)C(=O)[O-])CC[C@@H]1C)[C@H]1O[C@]2(CC[C@@H](OC(C)=O)[C@]3(CC[C@@](C)([C@H]4CC[C@](O)(CC)[C@H](C)O4)O3)O2)[C@H](C)C[C@@H]1C.[Na+]. The van der Waals surface area contributed by atoms with Gasteiger partial charge in [0.25, 0.3) is 0 Å². The average Bonchev–Trinajstić information content (AvgIpc) is 3.49. The van der Waals surface area contributed by atoms with Crippen LogP contribution in [-0.4, -0.2) is 93.4 Å². The fraction of sp³-hybridized carbons (Fsp3) is 0.932. The molecule has 5 aliphatic heterocycles. The van der Waals surface area contributed by atoms with Gasteiger partial charge in [-0.25, -0.2) is 0 Å². The number of esters is 1. The normalized spacial score (nSPS) is 43.7. The second-order valence-corrected chi connectivity index (χ2v) is 18.8. The summed E-state index contributed by atoms with van der Waals surface area (Å²) in [5, 5.41) is 34.8. The van der Waals surface area contributed by atoms with Gasteiger partial charge in [0.2, 0.25) is 5.79 Å². The van der Waals surface area contributed by atoms with E-state index in [4.69, 9.17) is 28.4 Å². The molecule has 5 fully saturated rings. The number of ether oxygens (including phenoxy) is 6. The number of carboxylic acids is 1. The summed E-state index contributed by atoms with van der Waals surface area (Å²) in [7, 11) is 0. The van der Waals surface area contributed by atoms with Gasteiger partial charge in [-0.1, -0.05) is 55.4 Å². The van der Waals surface area contributed by atoms with Crippen LogP contribution in [0.4, 0.5) is 0 Å². The molecule has 57 heavy (non-hydrogen) atoms. The number of carboxylic acid groups (broad SMARTS) is 1. The van der Waals surface area contributed by atoms with Crippen molar-refractivity contribution in [2.75, 3.05) is 0 Å². The first-order valence-corrected chi connectivity index (χ1v) is 21.9. The van der Waals surface area contributed by atoms with Gasteiger partial charge in [-0.2, -0.15) is 0 Å². The van der Waals surface area contributed by atoms with Crippen molar-refractivity contribution in [1.82, 2.24) is 0 Å². The van der Waals surface area contributed by atoms with Crippen LogP contribution in [0.15, 0.2) is 0 Å². The van der Waals surface area contributed by atoms with Gasteiger partial charge in [0.15, 0.2) is 11.9 Å². The van der Waals surface area contributed by atoms with Crippen LogP contribution in [0.1, 0.15) is 153 Å². The smallest absolute Gasteiger partial charge is 0.550 e. The third-order valence-electron chi connectivity index (χ3n) is 15.1. The van der Waals surface area contributed by atoms with Crippen molar-refractivity contribution < 1.29 is 87.7 Å². The molecule has 0 unspecified atom stereocenters. The largest absolute Gasteiger partial charge is 1.00 e. The molecule has 0 saturated carbocycles. The molecule has 5 heterocycles. The van der Waals surface area contributed by atoms with E-state index in [1.165, 1.54) is 6.92 Å². The first-order chi connectivity index (χ1) is 26.2. The molecule has 12 nitrogen and oxygen atoms in total. The number of Topliss-reactive ketones (excluding diaryl/α,β-unsaturated/α-hetero) is 1. The van der Waals surface area contributed by atoms with Gasteiger partial charge in [0, 0.05) is 55.3 Å². The summed E-state index contributed by atoms with van der Waals surface area (Å²) in [6.45, 7) is 21.0. The Hall–Kier alpha value is -0.670. The number of aliphatic hydroxyl groups is 2. The fourth-order valence-corrected chi connectivity index (χ4v) is 11.2. The Morgan fingerprint density at radius 3 is 2.09 bits per heavy atom. The molecular weight excluding hydrogens is 743 g/mol. The number of rotatable bonds is 13. The van der Waals surface area contributed by atoms with Crippen molar-refractivity contribution in [1.29, 1.82) is 0 Å². The van der Waals surface area contributed by atoms with Crippen molar-refractivity contribution in [2.24, 2.45) is 41.4 Å². The molecule has 0 aromatic carbocycles. The van der Waals surface area contributed by atoms with Crippen LogP contribution in [0.5, 0.6) is 0 Å². The van der Waals surface area contributed by atoms with Crippen molar-refractivity contribution in [2.45, 2.75) is 219 Å². The summed E-state index contributed by atoms with van der Waals surface area (Å²) in [4.78, 5) is 38.9. The van der Waals surface area contributed by atoms with Crippen molar-refractivity contribution in [3.8, 4) is 0 Å². The summed E-state index contributed by atoms with van der Waals surface area (Å²) >= 11 is 0. The molecule has 0 radical (unpaired) electrons. The predicted molar refractivity (Wildman–Crippen MR) is 206 cm³/mol. The van der Waals surface area contributed by atoms with E-state index in [0.29, 0.717) is 64.2 Å². The van der Waals surface area contributed by atoms with Gasteiger partial charge in [-0.3, -0.25) is 9.59 Å². The Kier molecular flexibility index (Phi) is 16.5. The van der Waals surface area contributed by atoms with E-state index >= 15 is 0 Å². The fourth-order valence-electron chi connectivity index (χ4n) is 11.2. The standard InChI is InChI=1S/C44H74O12.Na/c1-12-31(40(48)49)33-16-15-24(4)38(53-33)28(8)36(46)27(7)37(47)32(13-2)39-25(5)23-26(6)43(54-39)20-18-35(52-30(10)45)44(56-43)22-21-41(11,55-44)34-17-19-42(50,14-3)29(9)51-34;/h24-29,31-36,38-39,46,50H,12-23H2,1-11H3,(H,48,49);/q;+1/p-1/t24-,25-,26+,27-,28-,29-,31+,32-,33+,34+,35+,36+,38+,39-,41-,42+,43-,44-;/m0./s1. The van der Waals surface area contributed by atoms with Gasteiger partial charge in [-0.05, 0) is 89.9 Å². The molecule has 5 rings (SSSR count). The predicted octanol–water partition coefficient (Wildman–Crippen LogP) is 2.65.